The first-order valence-electron chi connectivity index (χ1n) is 9.38. The lowest BCUT2D eigenvalue weighted by Gasteiger charge is -2.13. The number of esters is 2. The van der Waals surface area contributed by atoms with E-state index in [1.807, 2.05) is 25.1 Å². The van der Waals surface area contributed by atoms with E-state index in [1.54, 1.807) is 18.2 Å². The number of benzene rings is 1. The maximum absolute atomic E-state index is 12.4. The van der Waals surface area contributed by atoms with Crippen molar-refractivity contribution >= 4 is 39.9 Å². The molecule has 1 heterocycles. The number of fused-ring (bicyclic) bond motifs is 1. The Kier molecular flexibility index (Phi) is 6.53. The summed E-state index contributed by atoms with van der Waals surface area (Å²) < 4.78 is 10.0. The molecule has 154 valence electrons. The molecule has 7 nitrogen and oxygen atoms in total. The molecular formula is C21H24N2O5S. The number of carbonyl (C=O) groups excluding carboxylic acids is 3. The molecule has 2 aromatic rings. The van der Waals surface area contributed by atoms with Crippen molar-refractivity contribution in [1.82, 2.24) is 0 Å². The van der Waals surface area contributed by atoms with Crippen LogP contribution in [-0.2, 0) is 27.1 Å². The van der Waals surface area contributed by atoms with Crippen molar-refractivity contribution < 1.29 is 23.9 Å². The molecule has 1 N–H and O–H groups in total. The SMILES string of the molecule is COC(=O)c1c(NC(=O)COC(=O)c2cccc(N(C)C)c2)sc2c1CCCC2. The Labute approximate surface area is 173 Å². The van der Waals surface area contributed by atoms with Gasteiger partial charge >= 0.3 is 11.9 Å². The molecule has 0 aliphatic heterocycles. The molecule has 1 aliphatic rings. The highest BCUT2D eigenvalue weighted by Gasteiger charge is 2.27. The maximum atomic E-state index is 12.4. The molecule has 0 saturated heterocycles. The van der Waals surface area contributed by atoms with Gasteiger partial charge in [0.25, 0.3) is 5.91 Å². The average molecular weight is 416 g/mol. The number of hydrogen-bond acceptors (Lipinski definition) is 7. The van der Waals surface area contributed by atoms with Crippen molar-refractivity contribution in [2.75, 3.05) is 38.0 Å². The number of rotatable bonds is 6. The van der Waals surface area contributed by atoms with Crippen LogP contribution < -0.4 is 10.2 Å². The van der Waals surface area contributed by atoms with Crippen LogP contribution in [0.3, 0.4) is 0 Å². The van der Waals surface area contributed by atoms with Crippen LogP contribution in [0.1, 0.15) is 44.0 Å². The van der Waals surface area contributed by atoms with Gasteiger partial charge in [0.1, 0.15) is 5.00 Å². The van der Waals surface area contributed by atoms with Gasteiger partial charge in [0.2, 0.25) is 0 Å². The van der Waals surface area contributed by atoms with E-state index in [-0.39, 0.29) is 0 Å². The van der Waals surface area contributed by atoms with Crippen LogP contribution in [0.15, 0.2) is 24.3 Å². The Morgan fingerprint density at radius 2 is 1.90 bits per heavy atom. The summed E-state index contributed by atoms with van der Waals surface area (Å²) in [5.74, 6) is -1.54. The van der Waals surface area contributed by atoms with Crippen molar-refractivity contribution in [1.29, 1.82) is 0 Å². The zero-order valence-corrected chi connectivity index (χ0v) is 17.6. The third-order valence-electron chi connectivity index (χ3n) is 4.75. The van der Waals surface area contributed by atoms with Crippen LogP contribution in [0.2, 0.25) is 0 Å². The molecule has 3 rings (SSSR count). The van der Waals surface area contributed by atoms with Crippen molar-refractivity contribution in [3.8, 4) is 0 Å². The van der Waals surface area contributed by atoms with Gasteiger partial charge in [-0.3, -0.25) is 4.79 Å². The van der Waals surface area contributed by atoms with Gasteiger partial charge in [-0.25, -0.2) is 9.59 Å². The third-order valence-corrected chi connectivity index (χ3v) is 5.95. The summed E-state index contributed by atoms with van der Waals surface area (Å²) in [5.41, 5.74) is 2.60. The molecule has 0 fully saturated rings. The summed E-state index contributed by atoms with van der Waals surface area (Å²) in [4.78, 5) is 39.8. The summed E-state index contributed by atoms with van der Waals surface area (Å²) in [6, 6.07) is 6.96. The topological polar surface area (TPSA) is 84.9 Å². The van der Waals surface area contributed by atoms with Crippen molar-refractivity contribution in [3.63, 3.8) is 0 Å². The van der Waals surface area contributed by atoms with Crippen LogP contribution in [0, 0.1) is 0 Å². The minimum atomic E-state index is -0.581. The van der Waals surface area contributed by atoms with E-state index >= 15 is 0 Å². The molecular weight excluding hydrogens is 392 g/mol. The normalized spacial score (nSPS) is 12.7. The van der Waals surface area contributed by atoms with Gasteiger partial charge in [-0.2, -0.15) is 0 Å². The van der Waals surface area contributed by atoms with Crippen LogP contribution in [0.5, 0.6) is 0 Å². The first kappa shape index (κ1) is 20.9. The molecule has 1 amide bonds. The molecule has 0 atom stereocenters. The summed E-state index contributed by atoms with van der Waals surface area (Å²) in [6.07, 6.45) is 3.75. The van der Waals surface area contributed by atoms with E-state index in [9.17, 15) is 14.4 Å². The molecule has 0 spiro atoms. The number of methoxy groups -OCH3 is 1. The minimum Gasteiger partial charge on any atom is -0.465 e. The Balaban J connectivity index is 1.67. The molecule has 8 heteroatoms. The standard InChI is InChI=1S/C21H24N2O5S/c1-23(2)14-8-6-7-13(11-14)20(25)28-12-17(24)22-19-18(21(26)27-3)15-9-4-5-10-16(15)29-19/h6-8,11H,4-5,9-10,12H2,1-3H3,(H,22,24). The molecule has 1 aromatic heterocycles. The Hall–Kier alpha value is -2.87. The number of carbonyl (C=O) groups is 3. The quantitative estimate of drug-likeness (QED) is 0.728. The summed E-state index contributed by atoms with van der Waals surface area (Å²) in [5, 5.41) is 3.17. The minimum absolute atomic E-state index is 0.367. The summed E-state index contributed by atoms with van der Waals surface area (Å²) >= 11 is 1.39. The predicted molar refractivity (Wildman–Crippen MR) is 112 cm³/mol. The fourth-order valence-electron chi connectivity index (χ4n) is 3.26. The van der Waals surface area contributed by atoms with E-state index in [0.29, 0.717) is 16.1 Å². The van der Waals surface area contributed by atoms with Gasteiger partial charge < -0.3 is 19.7 Å². The molecule has 29 heavy (non-hydrogen) atoms. The van der Waals surface area contributed by atoms with Gasteiger partial charge in [-0.1, -0.05) is 6.07 Å². The highest BCUT2D eigenvalue weighted by atomic mass is 32.1. The fourth-order valence-corrected chi connectivity index (χ4v) is 4.55. The smallest absolute Gasteiger partial charge is 0.341 e. The number of nitrogens with one attached hydrogen (secondary N) is 1. The fraction of sp³-hybridized carbons (Fsp3) is 0.381. The van der Waals surface area contributed by atoms with Crippen LogP contribution in [-0.4, -0.2) is 45.7 Å². The molecule has 0 saturated carbocycles. The van der Waals surface area contributed by atoms with Gasteiger partial charge in [0.05, 0.1) is 18.2 Å². The lowest BCUT2D eigenvalue weighted by molar-refractivity contribution is -0.119. The number of ether oxygens (including phenoxy) is 2. The second-order valence-corrected chi connectivity index (χ2v) is 8.08. The molecule has 0 bridgehead atoms. The maximum Gasteiger partial charge on any atom is 0.341 e. The first-order chi connectivity index (χ1) is 13.9. The molecule has 0 unspecified atom stereocenters. The van der Waals surface area contributed by atoms with Crippen LogP contribution in [0.25, 0.3) is 0 Å². The zero-order valence-electron chi connectivity index (χ0n) is 16.7. The number of nitrogens with zero attached hydrogens (tertiary/aromatic N) is 1. The Morgan fingerprint density at radius 1 is 1.14 bits per heavy atom. The van der Waals surface area contributed by atoms with Crippen molar-refractivity contribution in [3.05, 3.63) is 45.8 Å². The number of aryl methyl sites for hydroxylation is 1. The molecule has 1 aliphatic carbocycles. The third kappa shape index (κ3) is 4.76. The van der Waals surface area contributed by atoms with Gasteiger partial charge in [0.15, 0.2) is 6.61 Å². The van der Waals surface area contributed by atoms with E-state index in [2.05, 4.69) is 5.32 Å². The van der Waals surface area contributed by atoms with Crippen molar-refractivity contribution in [2.24, 2.45) is 0 Å². The van der Waals surface area contributed by atoms with Crippen LogP contribution >= 0.6 is 11.3 Å². The van der Waals surface area contributed by atoms with E-state index < -0.39 is 24.5 Å². The van der Waals surface area contributed by atoms with E-state index in [1.165, 1.54) is 18.4 Å². The number of amides is 1. The Morgan fingerprint density at radius 3 is 2.62 bits per heavy atom. The highest BCUT2D eigenvalue weighted by Crippen LogP contribution is 2.38. The monoisotopic (exact) mass is 416 g/mol. The summed E-state index contributed by atoms with van der Waals surface area (Å²) in [7, 11) is 5.07. The first-order valence-corrected chi connectivity index (χ1v) is 10.2. The highest BCUT2D eigenvalue weighted by molar-refractivity contribution is 7.17. The average Bonchev–Trinajstić information content (AvgIpc) is 3.09. The zero-order chi connectivity index (χ0) is 21.0. The largest absolute Gasteiger partial charge is 0.465 e. The lowest BCUT2D eigenvalue weighted by atomic mass is 9.95. The van der Waals surface area contributed by atoms with Gasteiger partial charge in [0, 0.05) is 24.7 Å². The van der Waals surface area contributed by atoms with Crippen molar-refractivity contribution in [2.45, 2.75) is 25.7 Å². The molecule has 0 radical (unpaired) electrons. The molecule has 1 aromatic carbocycles. The second kappa shape index (κ2) is 9.09. The lowest BCUT2D eigenvalue weighted by Crippen LogP contribution is -2.22. The van der Waals surface area contributed by atoms with Gasteiger partial charge in [-0.15, -0.1) is 11.3 Å². The van der Waals surface area contributed by atoms with E-state index in [4.69, 9.17) is 9.47 Å². The van der Waals surface area contributed by atoms with Gasteiger partial charge in [-0.05, 0) is 49.4 Å². The Bertz CT molecular complexity index is 935. The number of hydrogen-bond donors (Lipinski definition) is 1. The van der Waals surface area contributed by atoms with Crippen LogP contribution in [0.4, 0.5) is 10.7 Å². The number of anilines is 2. The second-order valence-electron chi connectivity index (χ2n) is 6.98. The summed E-state index contributed by atoms with van der Waals surface area (Å²) in [6.45, 7) is -0.436. The predicted octanol–water partition coefficient (Wildman–Crippen LogP) is 3.28. The number of thiophene rings is 1. The van der Waals surface area contributed by atoms with E-state index in [0.717, 1.165) is 41.8 Å².